The minimum absolute atomic E-state index is 0.205. The Morgan fingerprint density at radius 3 is 2.62 bits per heavy atom. The molecule has 0 bridgehead atoms. The van der Waals surface area contributed by atoms with Crippen molar-refractivity contribution in [3.63, 3.8) is 0 Å². The second kappa shape index (κ2) is 5.78. The van der Waals surface area contributed by atoms with Crippen LogP contribution >= 0.6 is 0 Å². The number of nitrogens with zero attached hydrogens (tertiary/aromatic N) is 3. The van der Waals surface area contributed by atoms with E-state index >= 15 is 0 Å². The van der Waals surface area contributed by atoms with E-state index in [1.165, 1.54) is 36.9 Å². The normalized spacial score (nSPS) is 10.7. The minimum atomic E-state index is -0.837. The van der Waals surface area contributed by atoms with Gasteiger partial charge in [0, 0.05) is 18.0 Å². The molecule has 0 spiro atoms. The predicted molar refractivity (Wildman–Crippen MR) is 74.6 cm³/mol. The Bertz CT molecular complexity index is 728. The van der Waals surface area contributed by atoms with Crippen molar-refractivity contribution in [1.82, 2.24) is 9.97 Å². The number of hydrogen-bond donors (Lipinski definition) is 2. The first kappa shape index (κ1) is 14.1. The van der Waals surface area contributed by atoms with E-state index in [0.29, 0.717) is 5.56 Å². The molecule has 0 aliphatic rings. The predicted octanol–water partition coefficient (Wildman–Crippen LogP) is 1.57. The number of nitro benzene ring substituents is 1. The number of carbonyl (C=O) groups is 1. The van der Waals surface area contributed by atoms with Crippen molar-refractivity contribution in [2.24, 2.45) is 0 Å². The van der Waals surface area contributed by atoms with Crippen LogP contribution in [0.4, 0.5) is 11.4 Å². The number of hydrogen-bond acceptors (Lipinski definition) is 7. The fourth-order valence-corrected chi connectivity index (χ4v) is 1.64. The summed E-state index contributed by atoms with van der Waals surface area (Å²) in [4.78, 5) is 29.5. The van der Waals surface area contributed by atoms with Gasteiger partial charge >= 0.3 is 5.69 Å². The van der Waals surface area contributed by atoms with Gasteiger partial charge in [-0.2, -0.15) is 0 Å². The van der Waals surface area contributed by atoms with Gasteiger partial charge in [-0.15, -0.1) is 0 Å². The maximum atomic E-state index is 12.0. The number of benzene rings is 1. The maximum Gasteiger partial charge on any atom is 0.334 e. The molecule has 0 aliphatic carbocycles. The average molecular weight is 286 g/mol. The first-order valence-electron chi connectivity index (χ1n) is 5.74. The number of carbonyl (C=O) groups excluding carboxylic acids is 1. The van der Waals surface area contributed by atoms with Gasteiger partial charge in [0.2, 0.25) is 5.75 Å². The third-order valence-electron chi connectivity index (χ3n) is 2.64. The molecule has 0 aliphatic heterocycles. The highest BCUT2D eigenvalue weighted by Gasteiger charge is 2.23. The Morgan fingerprint density at radius 1 is 1.33 bits per heavy atom. The topological polar surface area (TPSA) is 132 Å². The Balaban J connectivity index is 2.34. The summed E-state index contributed by atoms with van der Waals surface area (Å²) >= 11 is 0. The molecule has 1 aromatic heterocycles. The fraction of sp³-hybridized carbons (Fsp3) is 0. The van der Waals surface area contributed by atoms with Crippen molar-refractivity contribution in [2.45, 2.75) is 0 Å². The number of aromatic nitrogens is 2. The van der Waals surface area contributed by atoms with Gasteiger partial charge in [-0.25, -0.2) is 9.97 Å². The lowest BCUT2D eigenvalue weighted by molar-refractivity contribution is -0.384. The first-order valence-corrected chi connectivity index (χ1v) is 5.74. The molecule has 0 fully saturated rings. The molecular weight excluding hydrogens is 276 g/mol. The molecule has 0 saturated heterocycles. The van der Waals surface area contributed by atoms with Gasteiger partial charge < -0.3 is 10.8 Å². The van der Waals surface area contributed by atoms with Gasteiger partial charge in [0.25, 0.3) is 0 Å². The number of rotatable bonds is 4. The monoisotopic (exact) mass is 286 g/mol. The molecule has 21 heavy (non-hydrogen) atoms. The van der Waals surface area contributed by atoms with Crippen molar-refractivity contribution >= 4 is 23.2 Å². The number of anilines is 1. The number of nitrogen functional groups attached to an aromatic ring is 1. The van der Waals surface area contributed by atoms with Gasteiger partial charge in [-0.05, 0) is 24.3 Å². The van der Waals surface area contributed by atoms with E-state index in [1.54, 1.807) is 0 Å². The average Bonchev–Trinajstić information content (AvgIpc) is 2.45. The van der Waals surface area contributed by atoms with Crippen LogP contribution < -0.4 is 5.73 Å². The summed E-state index contributed by atoms with van der Waals surface area (Å²) in [6, 6.07) is 2.43. The van der Waals surface area contributed by atoms with Crippen molar-refractivity contribution in [3.05, 3.63) is 58.2 Å². The third kappa shape index (κ3) is 3.00. The van der Waals surface area contributed by atoms with Gasteiger partial charge in [0.05, 0.1) is 10.5 Å². The molecule has 0 unspecified atom stereocenters. The molecule has 1 heterocycles. The lowest BCUT2D eigenvalue weighted by Crippen LogP contribution is -2.01. The molecule has 0 amide bonds. The largest absolute Gasteiger partial charge is 0.502 e. The van der Waals surface area contributed by atoms with E-state index in [0.717, 1.165) is 6.08 Å². The highest BCUT2D eigenvalue weighted by molar-refractivity contribution is 6.09. The second-order valence-electron chi connectivity index (χ2n) is 4.03. The lowest BCUT2D eigenvalue weighted by atomic mass is 10.1. The molecule has 0 atom stereocenters. The summed E-state index contributed by atoms with van der Waals surface area (Å²) in [5.41, 5.74) is 4.89. The van der Waals surface area contributed by atoms with Crippen LogP contribution in [0.5, 0.6) is 5.75 Å². The van der Waals surface area contributed by atoms with Crippen LogP contribution in [0.1, 0.15) is 15.9 Å². The zero-order valence-electron chi connectivity index (χ0n) is 10.6. The van der Waals surface area contributed by atoms with E-state index in [4.69, 9.17) is 5.73 Å². The minimum Gasteiger partial charge on any atom is -0.502 e. The standard InChI is InChI=1S/C13H10N4O4/c14-10-3-2-9(13(19)12(10)17(20)21)11(18)4-1-8-5-15-7-16-6-8/h1-7,19H,14H2. The van der Waals surface area contributed by atoms with E-state index in [9.17, 15) is 20.0 Å². The van der Waals surface area contributed by atoms with Gasteiger partial charge in [0.1, 0.15) is 12.0 Å². The van der Waals surface area contributed by atoms with Crippen LogP contribution in [0.15, 0.2) is 36.9 Å². The lowest BCUT2D eigenvalue weighted by Gasteiger charge is -2.03. The van der Waals surface area contributed by atoms with Crippen LogP contribution in [0.3, 0.4) is 0 Å². The van der Waals surface area contributed by atoms with Crippen LogP contribution in [0.2, 0.25) is 0 Å². The van der Waals surface area contributed by atoms with Gasteiger partial charge in [-0.1, -0.05) is 0 Å². The van der Waals surface area contributed by atoms with Crippen LogP contribution in [0.25, 0.3) is 6.08 Å². The smallest absolute Gasteiger partial charge is 0.334 e. The number of nitro groups is 1. The van der Waals surface area contributed by atoms with Crippen molar-refractivity contribution < 1.29 is 14.8 Å². The summed E-state index contributed by atoms with van der Waals surface area (Å²) in [6.07, 6.45) is 6.91. The molecule has 2 rings (SSSR count). The van der Waals surface area contributed by atoms with Crippen molar-refractivity contribution in [2.75, 3.05) is 5.73 Å². The summed E-state index contributed by atoms with van der Waals surface area (Å²) in [5.74, 6) is -1.35. The van der Waals surface area contributed by atoms with Crippen molar-refractivity contribution in [1.29, 1.82) is 0 Å². The highest BCUT2D eigenvalue weighted by Crippen LogP contribution is 2.35. The Hall–Kier alpha value is -3.29. The quantitative estimate of drug-likeness (QED) is 0.286. The van der Waals surface area contributed by atoms with Gasteiger partial charge in [0.15, 0.2) is 5.78 Å². The van der Waals surface area contributed by atoms with Crippen LogP contribution in [-0.2, 0) is 0 Å². The number of aromatic hydroxyl groups is 1. The summed E-state index contributed by atoms with van der Waals surface area (Å²) < 4.78 is 0. The van der Waals surface area contributed by atoms with Crippen LogP contribution in [-0.4, -0.2) is 25.8 Å². The Morgan fingerprint density at radius 2 is 2.00 bits per heavy atom. The van der Waals surface area contributed by atoms with E-state index in [2.05, 4.69) is 9.97 Å². The molecule has 106 valence electrons. The first-order chi connectivity index (χ1) is 10.0. The molecule has 2 aromatic rings. The SMILES string of the molecule is Nc1ccc(C(=O)C=Cc2cncnc2)c(O)c1[N+](=O)[O-]. The van der Waals surface area contributed by atoms with E-state index < -0.39 is 22.1 Å². The molecule has 8 nitrogen and oxygen atoms in total. The zero-order chi connectivity index (χ0) is 15.4. The fourth-order valence-electron chi connectivity index (χ4n) is 1.64. The Labute approximate surface area is 118 Å². The molecule has 0 saturated carbocycles. The van der Waals surface area contributed by atoms with Crippen molar-refractivity contribution in [3.8, 4) is 5.75 Å². The summed E-state index contributed by atoms with van der Waals surface area (Å²) in [6.45, 7) is 0. The van der Waals surface area contributed by atoms with E-state index in [1.807, 2.05) is 0 Å². The number of allylic oxidation sites excluding steroid dienone is 1. The van der Waals surface area contributed by atoms with Gasteiger partial charge in [-0.3, -0.25) is 14.9 Å². The molecular formula is C13H10N4O4. The number of nitrogens with two attached hydrogens (primary N) is 1. The maximum absolute atomic E-state index is 12.0. The van der Waals surface area contributed by atoms with E-state index in [-0.39, 0.29) is 11.3 Å². The third-order valence-corrected chi connectivity index (χ3v) is 2.64. The Kier molecular flexibility index (Phi) is 3.89. The highest BCUT2D eigenvalue weighted by atomic mass is 16.6. The summed E-state index contributed by atoms with van der Waals surface area (Å²) in [7, 11) is 0. The molecule has 8 heteroatoms. The second-order valence-corrected chi connectivity index (χ2v) is 4.03. The number of phenols is 1. The molecule has 1 aromatic carbocycles. The number of ketones is 1. The molecule has 0 radical (unpaired) electrons. The van der Waals surface area contributed by atoms with Crippen LogP contribution in [0, 0.1) is 10.1 Å². The summed E-state index contributed by atoms with van der Waals surface area (Å²) in [5, 5.41) is 20.6. The number of phenolic OH excluding ortho intramolecular Hbond substituents is 1. The zero-order valence-corrected chi connectivity index (χ0v) is 10.6. The molecule has 3 N–H and O–H groups in total.